The molecule has 0 bridgehead atoms. The first-order valence-corrected chi connectivity index (χ1v) is 6.28. The highest BCUT2D eigenvalue weighted by Gasteiger charge is 2.33. The second-order valence-corrected chi connectivity index (χ2v) is 4.79. The van der Waals surface area contributed by atoms with Gasteiger partial charge in [-0.2, -0.15) is 0 Å². The third-order valence-corrected chi connectivity index (χ3v) is 3.55. The summed E-state index contributed by atoms with van der Waals surface area (Å²) in [5, 5.41) is 19.0. The number of fused-ring (bicyclic) bond motifs is 3. The van der Waals surface area contributed by atoms with Crippen LogP contribution in [0.3, 0.4) is 0 Å². The Morgan fingerprint density at radius 2 is 2.30 bits per heavy atom. The Balaban J connectivity index is 2.01. The van der Waals surface area contributed by atoms with Gasteiger partial charge in [-0.05, 0) is 6.42 Å². The molecular formula is C13H15NO6. The number of amides is 1. The molecule has 0 saturated heterocycles. The van der Waals surface area contributed by atoms with Gasteiger partial charge in [-0.25, -0.2) is 4.79 Å². The maximum absolute atomic E-state index is 11.0. The van der Waals surface area contributed by atoms with Gasteiger partial charge in [0.2, 0.25) is 6.79 Å². The number of hydrogen-bond acceptors (Lipinski definition) is 5. The number of benzene rings is 1. The zero-order valence-electron chi connectivity index (χ0n) is 11.0. The van der Waals surface area contributed by atoms with Crippen molar-refractivity contribution in [2.45, 2.75) is 12.5 Å². The molecular weight excluding hydrogens is 266 g/mol. The number of ether oxygens (including phenoxy) is 3. The number of carbonyl (C=O) groups is 1. The zero-order valence-corrected chi connectivity index (χ0v) is 11.0. The SMILES string of the molecule is CN(CC1OCCc2c(O)cc3c(c21)OCO3)C(=O)O. The first kappa shape index (κ1) is 12.9. The summed E-state index contributed by atoms with van der Waals surface area (Å²) in [7, 11) is 1.47. The van der Waals surface area contributed by atoms with Crippen molar-refractivity contribution in [2.24, 2.45) is 0 Å². The highest BCUT2D eigenvalue weighted by Crippen LogP contribution is 2.47. The molecule has 0 saturated carbocycles. The van der Waals surface area contributed by atoms with Crippen molar-refractivity contribution in [3.8, 4) is 17.2 Å². The highest BCUT2D eigenvalue weighted by atomic mass is 16.7. The number of rotatable bonds is 2. The molecule has 0 radical (unpaired) electrons. The van der Waals surface area contributed by atoms with Crippen molar-refractivity contribution >= 4 is 6.09 Å². The molecule has 0 aliphatic carbocycles. The fourth-order valence-corrected chi connectivity index (χ4v) is 2.55. The molecule has 0 fully saturated rings. The van der Waals surface area contributed by atoms with Crippen LogP contribution >= 0.6 is 0 Å². The van der Waals surface area contributed by atoms with E-state index in [0.717, 1.165) is 10.5 Å². The third kappa shape index (κ3) is 2.00. The van der Waals surface area contributed by atoms with E-state index in [1.165, 1.54) is 13.1 Å². The minimum Gasteiger partial charge on any atom is -0.508 e. The molecule has 2 N–H and O–H groups in total. The van der Waals surface area contributed by atoms with Gasteiger partial charge >= 0.3 is 6.09 Å². The predicted molar refractivity (Wildman–Crippen MR) is 67.3 cm³/mol. The molecule has 2 aliphatic heterocycles. The average Bonchev–Trinajstić information content (AvgIpc) is 2.87. The summed E-state index contributed by atoms with van der Waals surface area (Å²) in [4.78, 5) is 12.1. The minimum absolute atomic E-state index is 0.0900. The molecule has 2 aliphatic rings. The van der Waals surface area contributed by atoms with Crippen LogP contribution in [0.4, 0.5) is 4.79 Å². The van der Waals surface area contributed by atoms with Crippen molar-refractivity contribution in [1.29, 1.82) is 0 Å². The molecule has 0 aromatic heterocycles. The maximum Gasteiger partial charge on any atom is 0.407 e. The Morgan fingerprint density at radius 3 is 3.05 bits per heavy atom. The lowest BCUT2D eigenvalue weighted by Crippen LogP contribution is -2.33. The molecule has 1 amide bonds. The Kier molecular flexibility index (Phi) is 3.06. The van der Waals surface area contributed by atoms with E-state index >= 15 is 0 Å². The van der Waals surface area contributed by atoms with Gasteiger partial charge in [0.1, 0.15) is 11.9 Å². The van der Waals surface area contributed by atoms with Gasteiger partial charge in [0.15, 0.2) is 11.5 Å². The van der Waals surface area contributed by atoms with E-state index in [-0.39, 0.29) is 19.1 Å². The van der Waals surface area contributed by atoms with Crippen LogP contribution in [0.25, 0.3) is 0 Å². The zero-order chi connectivity index (χ0) is 14.3. The van der Waals surface area contributed by atoms with E-state index < -0.39 is 12.2 Å². The summed E-state index contributed by atoms with van der Waals surface area (Å²) in [6, 6.07) is 1.53. The largest absolute Gasteiger partial charge is 0.508 e. The molecule has 7 heteroatoms. The van der Waals surface area contributed by atoms with Gasteiger partial charge in [0.05, 0.1) is 13.2 Å². The summed E-state index contributed by atoms with van der Waals surface area (Å²) in [6.45, 7) is 0.687. The maximum atomic E-state index is 11.0. The number of nitrogens with zero attached hydrogens (tertiary/aromatic N) is 1. The van der Waals surface area contributed by atoms with Crippen molar-refractivity contribution in [3.63, 3.8) is 0 Å². The Hall–Kier alpha value is -2.15. The van der Waals surface area contributed by atoms with Crippen molar-refractivity contribution in [1.82, 2.24) is 4.90 Å². The topological polar surface area (TPSA) is 88.5 Å². The van der Waals surface area contributed by atoms with E-state index in [1.807, 2.05) is 0 Å². The first-order valence-electron chi connectivity index (χ1n) is 6.28. The van der Waals surface area contributed by atoms with E-state index in [1.54, 1.807) is 0 Å². The molecule has 1 aromatic rings. The van der Waals surface area contributed by atoms with Crippen molar-refractivity contribution < 1.29 is 29.2 Å². The highest BCUT2D eigenvalue weighted by molar-refractivity contribution is 5.65. The predicted octanol–water partition coefficient (Wildman–Crippen LogP) is 1.34. The van der Waals surface area contributed by atoms with E-state index in [2.05, 4.69) is 0 Å². The van der Waals surface area contributed by atoms with Crippen LogP contribution in [0.5, 0.6) is 17.2 Å². The van der Waals surface area contributed by atoms with Crippen LogP contribution in [0.15, 0.2) is 6.07 Å². The Bertz CT molecular complexity index is 555. The van der Waals surface area contributed by atoms with Crippen LogP contribution < -0.4 is 9.47 Å². The number of likely N-dealkylation sites (N-methyl/N-ethyl adjacent to an activating group) is 1. The first-order chi connectivity index (χ1) is 9.58. The second kappa shape index (κ2) is 4.75. The van der Waals surface area contributed by atoms with Gasteiger partial charge in [0.25, 0.3) is 0 Å². The smallest absolute Gasteiger partial charge is 0.407 e. The molecule has 2 heterocycles. The van der Waals surface area contributed by atoms with Gasteiger partial charge < -0.3 is 29.3 Å². The molecule has 1 aromatic carbocycles. The standard InChI is InChI=1S/C13H15NO6/c1-14(13(16)17)5-10-11-7(2-3-18-10)8(15)4-9-12(11)20-6-19-9/h4,10,15H,2-3,5-6H2,1H3,(H,16,17). The molecule has 20 heavy (non-hydrogen) atoms. The molecule has 1 unspecified atom stereocenters. The molecule has 0 spiro atoms. The van der Waals surface area contributed by atoms with Crippen LogP contribution in [0.2, 0.25) is 0 Å². The summed E-state index contributed by atoms with van der Waals surface area (Å²) in [5.41, 5.74) is 1.43. The van der Waals surface area contributed by atoms with Gasteiger partial charge in [0, 0.05) is 24.2 Å². The van der Waals surface area contributed by atoms with Crippen molar-refractivity contribution in [3.05, 3.63) is 17.2 Å². The Labute approximate surface area is 115 Å². The number of carboxylic acid groups (broad SMARTS) is 1. The van der Waals surface area contributed by atoms with Gasteiger partial charge in [-0.15, -0.1) is 0 Å². The van der Waals surface area contributed by atoms with E-state index in [9.17, 15) is 9.90 Å². The normalized spacial score (nSPS) is 19.6. The lowest BCUT2D eigenvalue weighted by molar-refractivity contribution is 0.0199. The number of phenols is 1. The van der Waals surface area contributed by atoms with Crippen LogP contribution in [0.1, 0.15) is 17.2 Å². The van der Waals surface area contributed by atoms with E-state index in [4.69, 9.17) is 19.3 Å². The summed E-state index contributed by atoms with van der Waals surface area (Å²) >= 11 is 0. The monoisotopic (exact) mass is 281 g/mol. The number of hydrogen-bond donors (Lipinski definition) is 2. The lowest BCUT2D eigenvalue weighted by atomic mass is 9.94. The quantitative estimate of drug-likeness (QED) is 0.850. The lowest BCUT2D eigenvalue weighted by Gasteiger charge is -2.29. The summed E-state index contributed by atoms with van der Waals surface area (Å²) in [5.74, 6) is 1.14. The fraction of sp³-hybridized carbons (Fsp3) is 0.462. The van der Waals surface area contributed by atoms with Crippen molar-refractivity contribution in [2.75, 3.05) is 27.0 Å². The second-order valence-electron chi connectivity index (χ2n) is 4.79. The average molecular weight is 281 g/mol. The molecule has 3 rings (SSSR count). The van der Waals surface area contributed by atoms with Crippen LogP contribution in [-0.2, 0) is 11.2 Å². The van der Waals surface area contributed by atoms with Gasteiger partial charge in [-0.3, -0.25) is 0 Å². The molecule has 7 nitrogen and oxygen atoms in total. The summed E-state index contributed by atoms with van der Waals surface area (Å²) in [6.07, 6.45) is -0.942. The molecule has 108 valence electrons. The molecule has 1 atom stereocenters. The Morgan fingerprint density at radius 1 is 1.50 bits per heavy atom. The minimum atomic E-state index is -1.03. The number of phenolic OH excluding ortho intramolecular Hbond substituents is 1. The van der Waals surface area contributed by atoms with Crippen LogP contribution in [0, 0.1) is 0 Å². The van der Waals surface area contributed by atoms with Crippen LogP contribution in [-0.4, -0.2) is 48.2 Å². The fourth-order valence-electron chi connectivity index (χ4n) is 2.55. The summed E-state index contributed by atoms with van der Waals surface area (Å²) < 4.78 is 16.4. The number of aromatic hydroxyl groups is 1. The third-order valence-electron chi connectivity index (χ3n) is 3.55. The van der Waals surface area contributed by atoms with E-state index in [0.29, 0.717) is 30.1 Å². The van der Waals surface area contributed by atoms with Gasteiger partial charge in [-0.1, -0.05) is 0 Å².